The lowest BCUT2D eigenvalue weighted by molar-refractivity contribution is -0.143. The van der Waals surface area contributed by atoms with E-state index in [1.165, 1.54) is 6.29 Å². The van der Waals surface area contributed by atoms with Crippen LogP contribution < -0.4 is 0 Å². The van der Waals surface area contributed by atoms with E-state index in [0.29, 0.717) is 0 Å². The maximum absolute atomic E-state index is 10.7. The van der Waals surface area contributed by atoms with Gasteiger partial charge in [0.25, 0.3) is 0 Å². The number of nitrogens with zero attached hydrogens (tertiary/aromatic N) is 1. The lowest BCUT2D eigenvalue weighted by atomic mass is 10.3. The number of carbonyl (C=O) groups is 1. The van der Waals surface area contributed by atoms with E-state index < -0.39 is 5.97 Å². The Morgan fingerprint density at radius 3 is 2.77 bits per heavy atom. The topological polar surface area (TPSA) is 56.3 Å². The minimum absolute atomic E-state index is 0.170. The van der Waals surface area contributed by atoms with Gasteiger partial charge in [-0.15, -0.1) is 0 Å². The van der Waals surface area contributed by atoms with Crippen molar-refractivity contribution in [2.45, 2.75) is 13.0 Å². The predicted molar refractivity (Wildman–Crippen MR) is 44.3 cm³/mol. The van der Waals surface area contributed by atoms with E-state index in [4.69, 9.17) is 4.74 Å². The average Bonchev–Trinajstić information content (AvgIpc) is 2.17. The number of ether oxygens (including phenoxy) is 1. The molecular formula is C9H8NO3. The van der Waals surface area contributed by atoms with Crippen molar-refractivity contribution in [3.8, 4) is 0 Å². The molecule has 67 valence electrons. The van der Waals surface area contributed by atoms with Crippen molar-refractivity contribution < 1.29 is 14.3 Å². The maximum atomic E-state index is 10.7. The highest BCUT2D eigenvalue weighted by Crippen LogP contribution is 1.99. The summed E-state index contributed by atoms with van der Waals surface area (Å²) in [6.45, 7) is 0.170. The van der Waals surface area contributed by atoms with Crippen LogP contribution in [0.4, 0.5) is 0 Å². The molecule has 0 bridgehead atoms. The van der Waals surface area contributed by atoms with Crippen LogP contribution in [-0.4, -0.2) is 17.2 Å². The van der Waals surface area contributed by atoms with Crippen molar-refractivity contribution in [2.75, 3.05) is 0 Å². The van der Waals surface area contributed by atoms with Crippen LogP contribution in [-0.2, 0) is 20.9 Å². The third kappa shape index (κ3) is 3.46. The number of hydrogen-bond acceptors (Lipinski definition) is 4. The molecule has 0 aliphatic carbocycles. The second kappa shape index (κ2) is 5.03. The van der Waals surface area contributed by atoms with E-state index in [0.717, 1.165) is 5.56 Å². The van der Waals surface area contributed by atoms with Crippen molar-refractivity contribution in [2.24, 2.45) is 0 Å². The van der Waals surface area contributed by atoms with Gasteiger partial charge in [0.1, 0.15) is 13.0 Å². The van der Waals surface area contributed by atoms with Crippen molar-refractivity contribution in [3.63, 3.8) is 0 Å². The van der Waals surface area contributed by atoms with E-state index >= 15 is 0 Å². The molecule has 1 aromatic heterocycles. The first-order valence-electron chi connectivity index (χ1n) is 3.72. The molecular weight excluding hydrogens is 170 g/mol. The van der Waals surface area contributed by atoms with Gasteiger partial charge in [0, 0.05) is 12.4 Å². The number of carbonyl (C=O) groups excluding carboxylic acids is 2. The van der Waals surface area contributed by atoms with Crippen LogP contribution in [0.1, 0.15) is 12.0 Å². The van der Waals surface area contributed by atoms with Crippen molar-refractivity contribution in [1.29, 1.82) is 0 Å². The summed E-state index contributed by atoms with van der Waals surface area (Å²) in [4.78, 5) is 24.3. The molecule has 0 amide bonds. The zero-order chi connectivity index (χ0) is 9.52. The van der Waals surface area contributed by atoms with Gasteiger partial charge >= 0.3 is 5.97 Å². The minimum atomic E-state index is -0.563. The largest absolute Gasteiger partial charge is 0.460 e. The molecule has 0 fully saturated rings. The molecule has 13 heavy (non-hydrogen) atoms. The molecule has 1 heterocycles. The molecule has 1 aromatic rings. The Morgan fingerprint density at radius 1 is 1.46 bits per heavy atom. The Bertz CT molecular complexity index is 284. The number of hydrogen-bond donors (Lipinski definition) is 0. The molecule has 4 nitrogen and oxygen atoms in total. The van der Waals surface area contributed by atoms with Gasteiger partial charge in [-0.1, -0.05) is 0 Å². The lowest BCUT2D eigenvalue weighted by Crippen LogP contribution is -2.04. The Hall–Kier alpha value is -1.71. The molecule has 0 atom stereocenters. The first kappa shape index (κ1) is 9.38. The Morgan fingerprint density at radius 2 is 2.15 bits per heavy atom. The number of rotatable bonds is 4. The molecule has 0 aliphatic rings. The Kier molecular flexibility index (Phi) is 3.63. The van der Waals surface area contributed by atoms with Gasteiger partial charge in [0.2, 0.25) is 6.29 Å². The summed E-state index contributed by atoms with van der Waals surface area (Å²) in [7, 11) is 0. The molecule has 0 saturated carbocycles. The molecule has 0 aromatic carbocycles. The molecule has 0 N–H and O–H groups in total. The van der Waals surface area contributed by atoms with E-state index in [1.807, 2.05) is 0 Å². The van der Waals surface area contributed by atoms with Gasteiger partial charge in [0.05, 0.1) is 0 Å². The van der Waals surface area contributed by atoms with E-state index in [1.54, 1.807) is 24.5 Å². The fraction of sp³-hybridized carbons (Fsp3) is 0.222. The zero-order valence-electron chi connectivity index (χ0n) is 6.90. The molecule has 1 rings (SSSR count). The van der Waals surface area contributed by atoms with Gasteiger partial charge in [-0.3, -0.25) is 14.6 Å². The third-order valence-electron chi connectivity index (χ3n) is 1.37. The minimum Gasteiger partial charge on any atom is -0.460 e. The number of aromatic nitrogens is 1. The van der Waals surface area contributed by atoms with Crippen LogP contribution in [0.15, 0.2) is 24.5 Å². The third-order valence-corrected chi connectivity index (χ3v) is 1.37. The normalized spacial score (nSPS) is 9.23. The summed E-state index contributed by atoms with van der Waals surface area (Å²) in [5, 5.41) is 0. The predicted octanol–water partition coefficient (Wildman–Crippen LogP) is 0.625. The van der Waals surface area contributed by atoms with Crippen LogP contribution in [0, 0.1) is 0 Å². The van der Waals surface area contributed by atoms with Crippen LogP contribution in [0.5, 0.6) is 0 Å². The molecule has 0 spiro atoms. The molecule has 0 saturated heterocycles. The molecule has 4 heteroatoms. The van der Waals surface area contributed by atoms with Crippen LogP contribution in [0.25, 0.3) is 0 Å². The maximum Gasteiger partial charge on any atom is 0.314 e. The first-order chi connectivity index (χ1) is 6.33. The first-order valence-corrected chi connectivity index (χ1v) is 3.72. The highest BCUT2D eigenvalue weighted by Gasteiger charge is 2.01. The van der Waals surface area contributed by atoms with Crippen LogP contribution >= 0.6 is 0 Å². The molecule has 0 unspecified atom stereocenters. The summed E-state index contributed by atoms with van der Waals surface area (Å²) in [5.74, 6) is -0.563. The Balaban J connectivity index is 2.35. The average molecular weight is 178 g/mol. The summed E-state index contributed by atoms with van der Waals surface area (Å²) < 4.78 is 4.74. The van der Waals surface area contributed by atoms with E-state index in [9.17, 15) is 9.59 Å². The molecule has 0 aliphatic heterocycles. The molecule has 1 radical (unpaired) electrons. The second-order valence-corrected chi connectivity index (χ2v) is 2.34. The summed E-state index contributed by atoms with van der Waals surface area (Å²) in [5.41, 5.74) is 0.842. The highest BCUT2D eigenvalue weighted by molar-refractivity contribution is 5.83. The fourth-order valence-corrected chi connectivity index (χ4v) is 0.753. The van der Waals surface area contributed by atoms with E-state index in [2.05, 4.69) is 4.98 Å². The quantitative estimate of drug-likeness (QED) is 0.501. The van der Waals surface area contributed by atoms with Crippen molar-refractivity contribution >= 4 is 12.3 Å². The smallest absolute Gasteiger partial charge is 0.314 e. The summed E-state index contributed by atoms with van der Waals surface area (Å²) in [6, 6.07) is 3.47. The van der Waals surface area contributed by atoms with E-state index in [-0.39, 0.29) is 13.0 Å². The SMILES string of the molecule is O=[C]CC(=O)OCc1ccncc1. The van der Waals surface area contributed by atoms with Crippen molar-refractivity contribution in [3.05, 3.63) is 30.1 Å². The summed E-state index contributed by atoms with van der Waals surface area (Å²) >= 11 is 0. The van der Waals surface area contributed by atoms with Crippen LogP contribution in [0.3, 0.4) is 0 Å². The van der Waals surface area contributed by atoms with Gasteiger partial charge < -0.3 is 4.74 Å². The zero-order valence-corrected chi connectivity index (χ0v) is 6.90. The fourth-order valence-electron chi connectivity index (χ4n) is 0.753. The van der Waals surface area contributed by atoms with Gasteiger partial charge in [-0.05, 0) is 17.7 Å². The lowest BCUT2D eigenvalue weighted by Gasteiger charge is -2.01. The monoisotopic (exact) mass is 178 g/mol. The second-order valence-electron chi connectivity index (χ2n) is 2.34. The van der Waals surface area contributed by atoms with Gasteiger partial charge in [0.15, 0.2) is 0 Å². The van der Waals surface area contributed by atoms with Gasteiger partial charge in [-0.25, -0.2) is 0 Å². The highest BCUT2D eigenvalue weighted by atomic mass is 16.5. The number of esters is 1. The van der Waals surface area contributed by atoms with Crippen LogP contribution in [0.2, 0.25) is 0 Å². The summed E-state index contributed by atoms with van der Waals surface area (Å²) in [6.07, 6.45) is 4.36. The standard InChI is InChI=1S/C9H8NO3/c11-6-3-9(12)13-7-8-1-4-10-5-2-8/h1-2,4-5H,3,7H2. The van der Waals surface area contributed by atoms with Gasteiger partial charge in [-0.2, -0.15) is 0 Å². The van der Waals surface area contributed by atoms with Crippen molar-refractivity contribution in [1.82, 2.24) is 4.98 Å². The number of pyridine rings is 1. The Labute approximate surface area is 75.5 Å².